The maximum absolute atomic E-state index is 10.1. The van der Waals surface area contributed by atoms with E-state index in [1.165, 1.54) is 0 Å². The molecule has 0 bridgehead atoms. The Morgan fingerprint density at radius 2 is 2.17 bits per heavy atom. The van der Waals surface area contributed by atoms with Crippen LogP contribution in [0, 0.1) is 0 Å². The summed E-state index contributed by atoms with van der Waals surface area (Å²) in [5, 5.41) is 8.33. The fraction of sp³-hybridized carbons (Fsp3) is 0.667. The Balaban J connectivity index is 2.90. The van der Waals surface area contributed by atoms with Gasteiger partial charge in [-0.15, -0.1) is 6.58 Å². The lowest BCUT2D eigenvalue weighted by atomic mass is 10.3. The minimum atomic E-state index is -0.689. The van der Waals surface area contributed by atoms with Crippen molar-refractivity contribution in [1.29, 1.82) is 0 Å². The van der Waals surface area contributed by atoms with Crippen LogP contribution in [0.3, 0.4) is 0 Å². The summed E-state index contributed by atoms with van der Waals surface area (Å²) >= 11 is 1.87. The molecule has 3 heteroatoms. The Labute approximate surface area is 78.0 Å². The van der Waals surface area contributed by atoms with Crippen molar-refractivity contribution in [2.24, 2.45) is 0 Å². The molecule has 0 aromatic rings. The highest BCUT2D eigenvalue weighted by Gasteiger charge is 1.95. The van der Waals surface area contributed by atoms with E-state index in [4.69, 9.17) is 5.11 Å². The molecule has 70 valence electrons. The van der Waals surface area contributed by atoms with Crippen molar-refractivity contribution in [3.05, 3.63) is 12.7 Å². The fourth-order valence-corrected chi connectivity index (χ4v) is 1.69. The van der Waals surface area contributed by atoms with E-state index >= 15 is 0 Å². The van der Waals surface area contributed by atoms with Gasteiger partial charge in [-0.2, -0.15) is 11.8 Å². The Kier molecular flexibility index (Phi) is 8.34. The Morgan fingerprint density at radius 1 is 1.42 bits per heavy atom. The third-order valence-corrected chi connectivity index (χ3v) is 2.50. The van der Waals surface area contributed by atoms with Gasteiger partial charge in [0.05, 0.1) is 0 Å². The molecular weight excluding hydrogens is 172 g/mol. The summed E-state index contributed by atoms with van der Waals surface area (Å²) in [4.78, 5) is 10.1. The molecule has 0 aliphatic carbocycles. The van der Waals surface area contributed by atoms with E-state index in [0.29, 0.717) is 6.42 Å². The van der Waals surface area contributed by atoms with Crippen molar-refractivity contribution in [2.75, 3.05) is 11.5 Å². The summed E-state index contributed by atoms with van der Waals surface area (Å²) in [5.41, 5.74) is 0. The zero-order valence-corrected chi connectivity index (χ0v) is 8.11. The van der Waals surface area contributed by atoms with Crippen molar-refractivity contribution in [2.45, 2.75) is 25.7 Å². The number of thioether (sulfide) groups is 1. The van der Waals surface area contributed by atoms with E-state index in [1.54, 1.807) is 0 Å². The van der Waals surface area contributed by atoms with Crippen molar-refractivity contribution >= 4 is 17.7 Å². The van der Waals surface area contributed by atoms with E-state index in [9.17, 15) is 4.79 Å². The number of carboxylic acids is 1. The van der Waals surface area contributed by atoms with E-state index in [2.05, 4.69) is 6.58 Å². The maximum Gasteiger partial charge on any atom is 0.303 e. The molecule has 0 amide bonds. The second-order valence-corrected chi connectivity index (χ2v) is 3.77. The van der Waals surface area contributed by atoms with Crippen molar-refractivity contribution in [3.8, 4) is 0 Å². The monoisotopic (exact) mass is 188 g/mol. The van der Waals surface area contributed by atoms with Gasteiger partial charge >= 0.3 is 5.97 Å². The van der Waals surface area contributed by atoms with Gasteiger partial charge in [-0.25, -0.2) is 0 Å². The summed E-state index contributed by atoms with van der Waals surface area (Å²) in [6.07, 6.45) is 5.07. The summed E-state index contributed by atoms with van der Waals surface area (Å²) in [7, 11) is 0. The van der Waals surface area contributed by atoms with Gasteiger partial charge in [-0.05, 0) is 30.8 Å². The first-order valence-corrected chi connectivity index (χ1v) is 5.33. The normalized spacial score (nSPS) is 9.67. The van der Waals surface area contributed by atoms with Crippen LogP contribution in [-0.4, -0.2) is 22.6 Å². The molecule has 0 spiro atoms. The first-order valence-electron chi connectivity index (χ1n) is 4.18. The molecule has 1 N–H and O–H groups in total. The predicted molar refractivity (Wildman–Crippen MR) is 53.6 cm³/mol. The third-order valence-electron chi connectivity index (χ3n) is 1.40. The van der Waals surface area contributed by atoms with E-state index in [1.807, 2.05) is 17.8 Å². The fourth-order valence-electron chi connectivity index (χ4n) is 0.749. The minimum absolute atomic E-state index is 0.308. The molecule has 0 aromatic heterocycles. The molecule has 0 unspecified atom stereocenters. The highest BCUT2D eigenvalue weighted by atomic mass is 32.2. The molecule has 0 aromatic carbocycles. The van der Waals surface area contributed by atoms with Crippen molar-refractivity contribution in [1.82, 2.24) is 0 Å². The van der Waals surface area contributed by atoms with Gasteiger partial charge in [-0.3, -0.25) is 4.79 Å². The standard InChI is InChI=1S/C9H16O2S/c1-2-3-7-12-8-5-4-6-9(10)11/h2H,1,3-8H2,(H,10,11). The van der Waals surface area contributed by atoms with Crippen molar-refractivity contribution in [3.63, 3.8) is 0 Å². The lowest BCUT2D eigenvalue weighted by molar-refractivity contribution is -0.137. The molecule has 2 nitrogen and oxygen atoms in total. The largest absolute Gasteiger partial charge is 0.481 e. The highest BCUT2D eigenvalue weighted by molar-refractivity contribution is 7.99. The lowest BCUT2D eigenvalue weighted by Crippen LogP contribution is -1.94. The van der Waals surface area contributed by atoms with Gasteiger partial charge in [0.2, 0.25) is 0 Å². The summed E-state index contributed by atoms with van der Waals surface area (Å²) in [5.74, 6) is 1.49. The number of carbonyl (C=O) groups is 1. The van der Waals surface area contributed by atoms with Crippen LogP contribution in [0.5, 0.6) is 0 Å². The number of aliphatic carboxylic acids is 1. The first kappa shape index (κ1) is 11.6. The Morgan fingerprint density at radius 3 is 2.75 bits per heavy atom. The summed E-state index contributed by atoms with van der Waals surface area (Å²) in [6, 6.07) is 0. The number of unbranched alkanes of at least 4 members (excludes halogenated alkanes) is 1. The number of allylic oxidation sites excluding steroid dienone is 1. The number of hydrogen-bond acceptors (Lipinski definition) is 2. The number of carboxylic acid groups (broad SMARTS) is 1. The van der Waals surface area contributed by atoms with Crippen LogP contribution in [0.1, 0.15) is 25.7 Å². The molecule has 0 aliphatic rings. The second kappa shape index (κ2) is 8.65. The minimum Gasteiger partial charge on any atom is -0.481 e. The predicted octanol–water partition coefficient (Wildman–Crippen LogP) is 2.55. The molecule has 12 heavy (non-hydrogen) atoms. The molecule has 0 radical (unpaired) electrons. The van der Waals surface area contributed by atoms with Crippen LogP contribution >= 0.6 is 11.8 Å². The van der Waals surface area contributed by atoms with E-state index in [-0.39, 0.29) is 0 Å². The third kappa shape index (κ3) is 9.56. The van der Waals surface area contributed by atoms with Crippen LogP contribution in [0.25, 0.3) is 0 Å². The maximum atomic E-state index is 10.1. The molecule has 0 heterocycles. The van der Waals surface area contributed by atoms with Gasteiger partial charge in [0.25, 0.3) is 0 Å². The topological polar surface area (TPSA) is 37.3 Å². The van der Waals surface area contributed by atoms with Gasteiger partial charge in [0.1, 0.15) is 0 Å². The van der Waals surface area contributed by atoms with Gasteiger partial charge in [0.15, 0.2) is 0 Å². The molecule has 0 saturated carbocycles. The summed E-state index contributed by atoms with van der Waals surface area (Å²) < 4.78 is 0. The molecule has 0 atom stereocenters. The zero-order chi connectivity index (χ0) is 9.23. The van der Waals surface area contributed by atoms with E-state index in [0.717, 1.165) is 30.8 Å². The van der Waals surface area contributed by atoms with Gasteiger partial charge in [0, 0.05) is 6.42 Å². The first-order chi connectivity index (χ1) is 5.77. The molecular formula is C9H16O2S. The van der Waals surface area contributed by atoms with Gasteiger partial charge in [-0.1, -0.05) is 6.08 Å². The van der Waals surface area contributed by atoms with Crippen LogP contribution in [-0.2, 0) is 4.79 Å². The summed E-state index contributed by atoms with van der Waals surface area (Å²) in [6.45, 7) is 3.63. The van der Waals surface area contributed by atoms with Crippen molar-refractivity contribution < 1.29 is 9.90 Å². The average molecular weight is 188 g/mol. The SMILES string of the molecule is C=CCCSCCCCC(=O)O. The quantitative estimate of drug-likeness (QED) is 0.470. The smallest absolute Gasteiger partial charge is 0.303 e. The molecule has 0 aliphatic heterocycles. The van der Waals surface area contributed by atoms with Crippen LogP contribution in [0.15, 0.2) is 12.7 Å². The molecule has 0 fully saturated rings. The van der Waals surface area contributed by atoms with Crippen LogP contribution in [0.4, 0.5) is 0 Å². The second-order valence-electron chi connectivity index (χ2n) is 2.54. The average Bonchev–Trinajstić information content (AvgIpc) is 2.02. The number of rotatable bonds is 8. The zero-order valence-electron chi connectivity index (χ0n) is 7.29. The molecule has 0 rings (SSSR count). The van der Waals surface area contributed by atoms with Crippen LogP contribution < -0.4 is 0 Å². The van der Waals surface area contributed by atoms with Crippen LogP contribution in [0.2, 0.25) is 0 Å². The Bertz CT molecular complexity index is 134. The van der Waals surface area contributed by atoms with E-state index < -0.39 is 5.97 Å². The lowest BCUT2D eigenvalue weighted by Gasteiger charge is -1.97. The Hall–Kier alpha value is -0.440. The highest BCUT2D eigenvalue weighted by Crippen LogP contribution is 2.07. The number of hydrogen-bond donors (Lipinski definition) is 1. The molecule has 0 saturated heterocycles. The van der Waals surface area contributed by atoms with Gasteiger partial charge < -0.3 is 5.11 Å².